The first kappa shape index (κ1) is 18.1. The molecule has 0 saturated heterocycles. The summed E-state index contributed by atoms with van der Waals surface area (Å²) >= 11 is 12.3. The van der Waals surface area contributed by atoms with Crippen LogP contribution >= 0.6 is 23.2 Å². The van der Waals surface area contributed by atoms with Gasteiger partial charge in [-0.2, -0.15) is 5.10 Å². The number of aryl methyl sites for hydroxylation is 1. The Morgan fingerprint density at radius 1 is 1.30 bits per heavy atom. The Bertz CT molecular complexity index is 991. The lowest BCUT2D eigenvalue weighted by Gasteiger charge is -2.42. The van der Waals surface area contributed by atoms with E-state index < -0.39 is 0 Å². The zero-order valence-corrected chi connectivity index (χ0v) is 16.2. The maximum atomic E-state index is 12.7. The van der Waals surface area contributed by atoms with Crippen molar-refractivity contribution in [3.63, 3.8) is 0 Å². The smallest absolute Gasteiger partial charge is 0.273 e. The molecule has 8 heteroatoms. The lowest BCUT2D eigenvalue weighted by atomic mass is 9.72. The number of benzene rings is 1. The molecule has 0 atom stereocenters. The number of nitrogens with one attached hydrogen (secondary N) is 1. The standard InChI is InChI=1S/C19H18Cl2N4O2/c1-25-8-5-15(23-25)17-10-16(24-27-17)18(26)22-19(6-2-7-19)11-12-3-4-13(20)9-14(12)21/h3-5,8-10H,2,6-7,11H2,1H3,(H,22,26). The van der Waals surface area contributed by atoms with Crippen LogP contribution in [0.5, 0.6) is 0 Å². The molecule has 0 unspecified atom stereocenters. The Labute approximate surface area is 166 Å². The van der Waals surface area contributed by atoms with Crippen LogP contribution < -0.4 is 5.32 Å². The zero-order chi connectivity index (χ0) is 19.0. The monoisotopic (exact) mass is 404 g/mol. The molecule has 0 radical (unpaired) electrons. The van der Waals surface area contributed by atoms with Crippen molar-refractivity contribution in [2.24, 2.45) is 7.05 Å². The Hall–Kier alpha value is -2.31. The Kier molecular flexibility index (Phi) is 4.70. The molecule has 6 nitrogen and oxygen atoms in total. The van der Waals surface area contributed by atoms with E-state index in [0.717, 1.165) is 24.8 Å². The third-order valence-electron chi connectivity index (χ3n) is 4.94. The summed E-state index contributed by atoms with van der Waals surface area (Å²) in [6.45, 7) is 0. The lowest BCUT2D eigenvalue weighted by Crippen LogP contribution is -2.55. The molecule has 0 spiro atoms. The third kappa shape index (κ3) is 3.73. The highest BCUT2D eigenvalue weighted by atomic mass is 35.5. The van der Waals surface area contributed by atoms with Crippen LogP contribution in [0.4, 0.5) is 0 Å². The SMILES string of the molecule is Cn1ccc(-c2cc(C(=O)NC3(Cc4ccc(Cl)cc4Cl)CCC3)no2)n1. The molecule has 1 fully saturated rings. The van der Waals surface area contributed by atoms with E-state index in [1.807, 2.05) is 19.2 Å². The van der Waals surface area contributed by atoms with Crippen molar-refractivity contribution in [1.29, 1.82) is 0 Å². The van der Waals surface area contributed by atoms with Gasteiger partial charge in [-0.25, -0.2) is 0 Å². The van der Waals surface area contributed by atoms with Gasteiger partial charge in [0.15, 0.2) is 11.5 Å². The molecule has 3 aromatic rings. The summed E-state index contributed by atoms with van der Waals surface area (Å²) in [7, 11) is 1.82. The van der Waals surface area contributed by atoms with Gasteiger partial charge < -0.3 is 9.84 Å². The van der Waals surface area contributed by atoms with Crippen LogP contribution in [-0.4, -0.2) is 26.4 Å². The Balaban J connectivity index is 1.50. The minimum atomic E-state index is -0.321. The highest BCUT2D eigenvalue weighted by Crippen LogP contribution is 2.37. The third-order valence-corrected chi connectivity index (χ3v) is 5.53. The molecule has 1 aliphatic carbocycles. The number of hydrogen-bond acceptors (Lipinski definition) is 4. The van der Waals surface area contributed by atoms with Crippen LogP contribution in [0.1, 0.15) is 35.3 Å². The fourth-order valence-electron chi connectivity index (χ4n) is 3.33. The number of rotatable bonds is 5. The fraction of sp³-hybridized carbons (Fsp3) is 0.316. The molecule has 1 saturated carbocycles. The molecule has 1 amide bonds. The summed E-state index contributed by atoms with van der Waals surface area (Å²) in [5, 5.41) is 12.5. The molecule has 0 bridgehead atoms. The number of carbonyl (C=O) groups excluding carboxylic acids is 1. The van der Waals surface area contributed by atoms with E-state index in [9.17, 15) is 4.79 Å². The second-order valence-electron chi connectivity index (χ2n) is 6.95. The number of halogens is 2. The second-order valence-corrected chi connectivity index (χ2v) is 7.80. The molecule has 2 aromatic heterocycles. The summed E-state index contributed by atoms with van der Waals surface area (Å²) in [5.41, 5.74) is 1.52. The predicted octanol–water partition coefficient (Wildman–Crippen LogP) is 4.28. The quantitative estimate of drug-likeness (QED) is 0.688. The van der Waals surface area contributed by atoms with E-state index in [0.29, 0.717) is 27.9 Å². The zero-order valence-electron chi connectivity index (χ0n) is 14.7. The lowest BCUT2D eigenvalue weighted by molar-refractivity contribution is 0.0817. The summed E-state index contributed by atoms with van der Waals surface area (Å²) < 4.78 is 6.94. The van der Waals surface area contributed by atoms with E-state index in [2.05, 4.69) is 15.6 Å². The summed E-state index contributed by atoms with van der Waals surface area (Å²) in [6.07, 6.45) is 5.30. The molecule has 4 rings (SSSR count). The van der Waals surface area contributed by atoms with E-state index in [1.165, 1.54) is 0 Å². The van der Waals surface area contributed by atoms with Gasteiger partial charge in [0.2, 0.25) is 0 Å². The van der Waals surface area contributed by atoms with Crippen molar-refractivity contribution in [1.82, 2.24) is 20.3 Å². The van der Waals surface area contributed by atoms with Gasteiger partial charge in [0.05, 0.1) is 0 Å². The van der Waals surface area contributed by atoms with Crippen molar-refractivity contribution >= 4 is 29.1 Å². The number of hydrogen-bond donors (Lipinski definition) is 1. The van der Waals surface area contributed by atoms with Gasteiger partial charge in [0.25, 0.3) is 5.91 Å². The van der Waals surface area contributed by atoms with Crippen molar-refractivity contribution < 1.29 is 9.32 Å². The fourth-order valence-corrected chi connectivity index (χ4v) is 3.81. The van der Waals surface area contributed by atoms with E-state index >= 15 is 0 Å². The van der Waals surface area contributed by atoms with Gasteiger partial charge in [-0.3, -0.25) is 9.48 Å². The first-order valence-electron chi connectivity index (χ1n) is 8.67. The largest absolute Gasteiger partial charge is 0.354 e. The Morgan fingerprint density at radius 3 is 2.74 bits per heavy atom. The minimum absolute atomic E-state index is 0.240. The first-order chi connectivity index (χ1) is 12.9. The maximum Gasteiger partial charge on any atom is 0.273 e. The summed E-state index contributed by atoms with van der Waals surface area (Å²) in [6, 6.07) is 8.86. The predicted molar refractivity (Wildman–Crippen MR) is 103 cm³/mol. The molecule has 27 heavy (non-hydrogen) atoms. The van der Waals surface area contributed by atoms with Crippen molar-refractivity contribution in [3.8, 4) is 11.5 Å². The second kappa shape index (κ2) is 7.02. The van der Waals surface area contributed by atoms with Crippen LogP contribution in [0.2, 0.25) is 10.0 Å². The number of carbonyl (C=O) groups is 1. The van der Waals surface area contributed by atoms with Gasteiger partial charge in [-0.15, -0.1) is 0 Å². The molecule has 1 N–H and O–H groups in total. The molecule has 1 aliphatic rings. The molecule has 0 aliphatic heterocycles. The highest BCUT2D eigenvalue weighted by molar-refractivity contribution is 6.35. The normalized spacial score (nSPS) is 15.4. The maximum absolute atomic E-state index is 12.7. The van der Waals surface area contributed by atoms with Crippen LogP contribution in [0.15, 0.2) is 41.1 Å². The number of amides is 1. The van der Waals surface area contributed by atoms with E-state index in [1.54, 1.807) is 29.1 Å². The van der Waals surface area contributed by atoms with Gasteiger partial charge in [0, 0.05) is 34.9 Å². The van der Waals surface area contributed by atoms with E-state index in [4.69, 9.17) is 27.7 Å². The van der Waals surface area contributed by atoms with Crippen LogP contribution in [0.3, 0.4) is 0 Å². The van der Waals surface area contributed by atoms with Crippen LogP contribution in [-0.2, 0) is 13.5 Å². The molecule has 1 aromatic carbocycles. The summed E-state index contributed by atoms with van der Waals surface area (Å²) in [5.74, 6) is 0.204. The van der Waals surface area contributed by atoms with E-state index in [-0.39, 0.29) is 17.1 Å². The molecular formula is C19H18Cl2N4O2. The summed E-state index contributed by atoms with van der Waals surface area (Å²) in [4.78, 5) is 12.7. The highest BCUT2D eigenvalue weighted by Gasteiger charge is 2.39. The molecule has 2 heterocycles. The van der Waals surface area contributed by atoms with Gasteiger partial charge in [-0.05, 0) is 49.4 Å². The first-order valence-corrected chi connectivity index (χ1v) is 9.43. The van der Waals surface area contributed by atoms with Crippen molar-refractivity contribution in [2.45, 2.75) is 31.2 Å². The van der Waals surface area contributed by atoms with Crippen molar-refractivity contribution in [2.75, 3.05) is 0 Å². The molecular weight excluding hydrogens is 387 g/mol. The number of aromatic nitrogens is 3. The average molecular weight is 405 g/mol. The topological polar surface area (TPSA) is 73.0 Å². The van der Waals surface area contributed by atoms with Crippen molar-refractivity contribution in [3.05, 3.63) is 57.8 Å². The Morgan fingerprint density at radius 2 is 2.11 bits per heavy atom. The molecule has 140 valence electrons. The van der Waals surface area contributed by atoms with Crippen LogP contribution in [0, 0.1) is 0 Å². The average Bonchev–Trinajstić information content (AvgIpc) is 3.24. The van der Waals surface area contributed by atoms with Gasteiger partial charge >= 0.3 is 0 Å². The minimum Gasteiger partial charge on any atom is -0.354 e. The van der Waals surface area contributed by atoms with Gasteiger partial charge in [0.1, 0.15) is 5.69 Å². The van der Waals surface area contributed by atoms with Crippen LogP contribution in [0.25, 0.3) is 11.5 Å². The number of nitrogens with zero attached hydrogens (tertiary/aromatic N) is 3. The van der Waals surface area contributed by atoms with Gasteiger partial charge in [-0.1, -0.05) is 34.4 Å².